The number of hydrogen-bond donors (Lipinski definition) is 9. The Labute approximate surface area is 763 Å². The molecular formula is C84H107F30N4O18Rf3-3. The summed E-state index contributed by atoms with van der Waals surface area (Å²) in [6, 6.07) is -0.587. The molecule has 5 rings (SSSR count). The van der Waals surface area contributed by atoms with Gasteiger partial charge in [-0.05, 0) is 84.2 Å². The average molecular weight is 2830 g/mol. The number of rotatable bonds is 51. The quantitative estimate of drug-likeness (QED) is 0.00652. The van der Waals surface area contributed by atoms with Crippen molar-refractivity contribution in [2.24, 2.45) is 0 Å². The van der Waals surface area contributed by atoms with Gasteiger partial charge in [-0.3, -0.25) is 9.44 Å². The molecule has 0 amide bonds. The van der Waals surface area contributed by atoms with E-state index in [1.165, 1.54) is 37.5 Å². The number of methoxy groups -OCH3 is 1. The second-order valence-corrected chi connectivity index (χ2v) is 26.1. The molecule has 4 aromatic carbocycles. The monoisotopic (exact) mass is 2830 g/mol. The predicted molar refractivity (Wildman–Crippen MR) is 439 cm³/mol. The van der Waals surface area contributed by atoms with Crippen LogP contribution in [0.1, 0.15) is 22.3 Å². The number of nitrogens with zero attached hydrogens (tertiary/aromatic N) is 4. The number of phenols is 3. The molecule has 0 atom stereocenters. The van der Waals surface area contributed by atoms with Gasteiger partial charge in [0.25, 0.3) is 5.92 Å². The number of aliphatic hydroxyl groups excluding tert-OH is 5. The van der Waals surface area contributed by atoms with Gasteiger partial charge in [-0.1, -0.05) is 116 Å². The van der Waals surface area contributed by atoms with Crippen LogP contribution in [0, 0.1) is 6.17 Å². The van der Waals surface area contributed by atoms with Gasteiger partial charge >= 0.3 is 54.6 Å². The third-order valence-electron chi connectivity index (χ3n) is 15.4. The van der Waals surface area contributed by atoms with E-state index in [0.29, 0.717) is 60.2 Å². The normalized spacial score (nSPS) is 12.8. The van der Waals surface area contributed by atoms with Crippen molar-refractivity contribution in [1.82, 2.24) is 9.80 Å². The van der Waals surface area contributed by atoms with Crippen molar-refractivity contribution in [3.63, 3.8) is 0 Å². The summed E-state index contributed by atoms with van der Waals surface area (Å²) in [4.78, 5) is 1.50. The first kappa shape index (κ1) is 142. The van der Waals surface area contributed by atoms with E-state index in [0.717, 1.165) is 71.3 Å². The Balaban J connectivity index is -0.000000236. The molecule has 1 aliphatic rings. The molecule has 1 fully saturated rings. The molecule has 139 heavy (non-hydrogen) atoms. The third-order valence-corrected chi connectivity index (χ3v) is 15.4. The Morgan fingerprint density at radius 3 is 1.27 bits per heavy atom. The standard InChI is InChI=1S/C18H14F6O2.C11H18F4N2O2.C10H12O2.C9H8F10NO2.C9H10O.C7H10F4O3.C7H10F3O2.C7H14NO2.C6H10F2O2.FH.3Rf/c1-2-11-26-15-9-5-13(6-10-15)16(17(19,20)21,18(22,23)24)12-3-7-14(25)8-4-12;1-2-7-19-9-11(14,15)17-5-3-16(4-6-17)10(12,13)8-18;1-3-4-8-5-6-9(11)10(7-8)12-2;1-2-3-22-4-5(10,11)7(14,15)20-8(16,17)6(12,13)9(18,19)21;1-2-5-8-6-3-4-7-9(8)10;1-2-3-13-5-7(10,11)14-6(8,9)4-12;1-2-3-12-5-7(9,10)6(8)4-11;1-2-6-10-7-4-8-3-5-9;1-2-3-10-5-6(7,8)4-9;;;;/h2-10,25H,1,11H2;2,18H,1,3-9H2;3,5-7,11H,1,4H2,2H3;2,21H,1,3-4H2;2-4,6-7,10H,1,5H2;2,12H,1,3-5H2;2,11H,1,3-5H2;2,9H,1,3-7H2;2,9H,1,3-5H2;1H;;;/q;;;-1;;;2*-1;;;;;. The maximum absolute atomic E-state index is 13.8. The minimum atomic E-state index is -6.85. The first-order chi connectivity index (χ1) is 62.4. The van der Waals surface area contributed by atoms with Crippen LogP contribution in [0.15, 0.2) is 205 Å². The Morgan fingerprint density at radius 2 is 0.863 bits per heavy atom. The molecule has 55 heteroatoms. The molecule has 0 aliphatic carbocycles. The summed E-state index contributed by atoms with van der Waals surface area (Å²) < 4.78 is 412. The Hall–Kier alpha value is -12.2. The van der Waals surface area contributed by atoms with Gasteiger partial charge in [0.2, 0.25) is 17.5 Å². The SMILES string of the molecule is C=CCOCC(F)(F)C(F)(F)[N-]C(F)(F)C(F)(F)C(O)(F)F.C=CCOCC(F)(F)CO.C=CCOCC(F)(F)N1CCN(C(F)(F)CO)CC1.C=CCOCC(F)(F)OC(F)(F)CO.C=CCOCC(F)(F)[C-](F)CO.C=CCOCC[N-]CCO.C=CCOc1ccc(C(c2ccc(O)cc2)(C(F)(F)F)C(F)(F)F)cc1.C=CCc1ccc(O)c(OC)c1.C=CCc1ccccc1O.F.[Rf].[Rf].[Rf]. The number of allylic oxidation sites excluding steroid dienone is 2. The van der Waals surface area contributed by atoms with Gasteiger partial charge in [-0.2, -0.15) is 87.8 Å². The molecule has 1 saturated heterocycles. The van der Waals surface area contributed by atoms with Crippen LogP contribution >= 0.6 is 0 Å². The molecule has 790 valence electrons. The van der Waals surface area contributed by atoms with Crippen molar-refractivity contribution >= 4 is 0 Å². The molecule has 9 N–H and O–H groups in total. The van der Waals surface area contributed by atoms with Crippen LogP contribution in [-0.2, 0) is 51.4 Å². The number of para-hydroxylation sites is 1. The Bertz CT molecular complexity index is 3930. The topological polar surface area (TPSA) is 300 Å². The molecule has 0 bridgehead atoms. The number of piperazine rings is 1. The summed E-state index contributed by atoms with van der Waals surface area (Å²) in [5, 5.41) is 80.6. The Kier molecular flexibility index (Phi) is 70.3. The molecule has 22 nitrogen and oxygen atoms in total. The molecule has 4 aromatic rings. The number of alkyl halides is 28. The summed E-state index contributed by atoms with van der Waals surface area (Å²) in [5.74, 6) is -18.5. The zero-order valence-corrected chi connectivity index (χ0v) is 93.8. The fraction of sp³-hybridized carbons (Fsp3) is 0.488. The molecule has 1 heterocycles. The number of halogens is 30. The minimum absolute atomic E-state index is 0. The minimum Gasteiger partial charge on any atom is -0.659 e. The maximum atomic E-state index is 13.8. The van der Waals surface area contributed by atoms with Gasteiger partial charge in [-0.15, -0.1) is 65.7 Å². The van der Waals surface area contributed by atoms with Crippen LogP contribution in [-0.4, -0.2) is 300 Å². The van der Waals surface area contributed by atoms with Crippen molar-refractivity contribution in [2.75, 3.05) is 165 Å². The van der Waals surface area contributed by atoms with Gasteiger partial charge in [0.1, 0.15) is 70.1 Å². The van der Waals surface area contributed by atoms with E-state index < -0.39 is 173 Å². The van der Waals surface area contributed by atoms with Gasteiger partial charge in [0.05, 0.1) is 53.4 Å². The maximum Gasteiger partial charge on any atom is 0.421 e. The van der Waals surface area contributed by atoms with Crippen LogP contribution in [0.4, 0.5) is 132 Å². The van der Waals surface area contributed by atoms with E-state index in [-0.39, 0.29) is 82.0 Å². The molecule has 0 spiro atoms. The molecule has 1 aliphatic heterocycles. The van der Waals surface area contributed by atoms with Crippen molar-refractivity contribution < 1.29 is 221 Å². The van der Waals surface area contributed by atoms with Crippen molar-refractivity contribution in [3.05, 3.63) is 244 Å². The first-order valence-corrected chi connectivity index (χ1v) is 38.2. The molecular weight excluding hydrogens is 2720 g/mol. The van der Waals surface area contributed by atoms with Crippen LogP contribution < -0.4 is 9.47 Å². The molecule has 0 saturated carbocycles. The predicted octanol–water partition coefficient (Wildman–Crippen LogP) is 18.4. The van der Waals surface area contributed by atoms with Crippen LogP contribution in [0.25, 0.3) is 10.6 Å². The van der Waals surface area contributed by atoms with Gasteiger partial charge < -0.3 is 98.9 Å². The van der Waals surface area contributed by atoms with Crippen molar-refractivity contribution in [2.45, 2.75) is 96.8 Å². The average Bonchev–Trinajstić information content (AvgIpc) is 0.718. The van der Waals surface area contributed by atoms with E-state index in [1.807, 2.05) is 30.3 Å². The van der Waals surface area contributed by atoms with Crippen LogP contribution in [0.3, 0.4) is 0 Å². The summed E-state index contributed by atoms with van der Waals surface area (Å²) in [7, 11) is 1.53. The van der Waals surface area contributed by atoms with E-state index >= 15 is 0 Å². The molecule has 0 unspecified atom stereocenters. The second kappa shape index (κ2) is 68.7. The van der Waals surface area contributed by atoms with Crippen LogP contribution in [0.5, 0.6) is 28.7 Å². The van der Waals surface area contributed by atoms with E-state index in [2.05, 4.69) is 88.2 Å². The number of aromatic hydroxyl groups is 3. The summed E-state index contributed by atoms with van der Waals surface area (Å²) in [5.41, 5.74) is -4.29. The summed E-state index contributed by atoms with van der Waals surface area (Å²) >= 11 is 0. The van der Waals surface area contributed by atoms with E-state index in [4.69, 9.17) is 49.6 Å². The second-order valence-electron chi connectivity index (χ2n) is 26.1. The molecule has 0 radical (unpaired) electrons. The smallest absolute Gasteiger partial charge is 0.421 e. The fourth-order valence-electron chi connectivity index (χ4n) is 9.01. The Morgan fingerprint density at radius 1 is 0.439 bits per heavy atom. The molecule has 0 aromatic heterocycles. The summed E-state index contributed by atoms with van der Waals surface area (Å²) in [6.45, 7) is 19.1. The van der Waals surface area contributed by atoms with Crippen molar-refractivity contribution in [3.8, 4) is 28.7 Å². The fourth-order valence-corrected chi connectivity index (χ4v) is 9.01. The van der Waals surface area contributed by atoms with E-state index in [1.54, 1.807) is 30.4 Å². The van der Waals surface area contributed by atoms with Gasteiger partial charge in [-0.25, -0.2) is 44.9 Å². The number of phenolic OH excluding ortho intramolecular Hbond substituents is 3. The number of aliphatic hydroxyl groups is 6. The third kappa shape index (κ3) is 54.1. The number of benzene rings is 4. The van der Waals surface area contributed by atoms with Gasteiger partial charge in [0, 0.05) is 39.4 Å². The van der Waals surface area contributed by atoms with Crippen molar-refractivity contribution in [1.29, 1.82) is 0 Å². The first-order valence-electron chi connectivity index (χ1n) is 38.2. The zero-order chi connectivity index (χ0) is 105. The van der Waals surface area contributed by atoms with E-state index in [9.17, 15) is 143 Å². The zero-order valence-electron chi connectivity index (χ0n) is 74.6. The summed E-state index contributed by atoms with van der Waals surface area (Å²) in [6.07, 6.45) is -13.8. The van der Waals surface area contributed by atoms with Crippen LogP contribution in [0.2, 0.25) is 0 Å². The van der Waals surface area contributed by atoms with Gasteiger partial charge in [0.15, 0.2) is 17.4 Å². The largest absolute Gasteiger partial charge is 0.659 e. The number of ether oxygens (including phenoxy) is 9. The number of hydrogen-bond acceptors (Lipinski definition) is 20.